The van der Waals surface area contributed by atoms with Crippen molar-refractivity contribution >= 4 is 6.29 Å². The average molecular weight is 230 g/mol. The molecule has 86 valence electrons. The number of aldehydes is 1. The van der Waals surface area contributed by atoms with Crippen LogP contribution in [0.15, 0.2) is 34.7 Å². The van der Waals surface area contributed by atoms with Crippen LogP contribution in [0.1, 0.15) is 34.9 Å². The molecule has 0 atom stereocenters. The molecule has 0 amide bonds. The molecule has 1 aliphatic carbocycles. The number of hydrogen-bond donors (Lipinski definition) is 0. The Kier molecular flexibility index (Phi) is 2.32. The fourth-order valence-corrected chi connectivity index (χ4v) is 1.98. The molecule has 0 bridgehead atoms. The van der Waals surface area contributed by atoms with Crippen LogP contribution in [0.3, 0.4) is 0 Å². The van der Waals surface area contributed by atoms with Gasteiger partial charge in [0.25, 0.3) is 0 Å². The molecular formula is C14H11FO2. The first kappa shape index (κ1) is 10.3. The minimum absolute atomic E-state index is 0.154. The molecule has 2 nitrogen and oxygen atoms in total. The predicted octanol–water partition coefficient (Wildman–Crippen LogP) is 3.78. The van der Waals surface area contributed by atoms with Crippen molar-refractivity contribution in [2.75, 3.05) is 0 Å². The lowest BCUT2D eigenvalue weighted by Gasteiger charge is -2.03. The fraction of sp³-hybridized carbons (Fsp3) is 0.214. The van der Waals surface area contributed by atoms with Gasteiger partial charge in [-0.2, -0.15) is 0 Å². The van der Waals surface area contributed by atoms with Crippen LogP contribution in [0.2, 0.25) is 0 Å². The topological polar surface area (TPSA) is 30.2 Å². The maximum atomic E-state index is 13.6. The Balaban J connectivity index is 2.02. The van der Waals surface area contributed by atoms with Gasteiger partial charge in [0.1, 0.15) is 11.6 Å². The second kappa shape index (κ2) is 3.84. The van der Waals surface area contributed by atoms with Crippen molar-refractivity contribution in [2.45, 2.75) is 18.8 Å². The highest BCUT2D eigenvalue weighted by Crippen LogP contribution is 2.42. The minimum atomic E-state index is -0.154. The van der Waals surface area contributed by atoms with Crippen LogP contribution in [0, 0.1) is 5.82 Å². The Morgan fingerprint density at radius 2 is 2.06 bits per heavy atom. The van der Waals surface area contributed by atoms with Gasteiger partial charge in [-0.15, -0.1) is 0 Å². The normalized spacial score (nSPS) is 14.9. The van der Waals surface area contributed by atoms with E-state index >= 15 is 0 Å². The monoisotopic (exact) mass is 230 g/mol. The van der Waals surface area contributed by atoms with Crippen molar-refractivity contribution in [1.29, 1.82) is 0 Å². The highest BCUT2D eigenvalue weighted by molar-refractivity contribution is 5.72. The molecule has 17 heavy (non-hydrogen) atoms. The largest absolute Gasteiger partial charge is 0.453 e. The smallest absolute Gasteiger partial charge is 0.185 e. The molecule has 1 aliphatic rings. The van der Waals surface area contributed by atoms with E-state index < -0.39 is 0 Å². The Morgan fingerprint density at radius 3 is 2.71 bits per heavy atom. The van der Waals surface area contributed by atoms with E-state index in [-0.39, 0.29) is 11.6 Å². The standard InChI is InChI=1S/C14H11FO2/c15-13-5-3-10(7-12(13)9-1-2-9)14-6-4-11(8-16)17-14/h3-9H,1-2H2. The zero-order chi connectivity index (χ0) is 11.8. The third-order valence-electron chi connectivity index (χ3n) is 3.04. The number of rotatable bonds is 3. The molecule has 0 aliphatic heterocycles. The highest BCUT2D eigenvalue weighted by Gasteiger charge is 2.26. The lowest BCUT2D eigenvalue weighted by molar-refractivity contribution is 0.110. The van der Waals surface area contributed by atoms with Crippen LogP contribution in [-0.4, -0.2) is 6.29 Å². The van der Waals surface area contributed by atoms with Crippen LogP contribution in [0.5, 0.6) is 0 Å². The van der Waals surface area contributed by atoms with Gasteiger partial charge in [0.15, 0.2) is 12.0 Å². The quantitative estimate of drug-likeness (QED) is 0.751. The molecule has 1 aromatic heterocycles. The molecule has 0 saturated heterocycles. The number of benzene rings is 1. The van der Waals surface area contributed by atoms with Gasteiger partial charge >= 0.3 is 0 Å². The summed E-state index contributed by atoms with van der Waals surface area (Å²) in [6.45, 7) is 0. The second-order valence-corrected chi connectivity index (χ2v) is 4.33. The summed E-state index contributed by atoms with van der Waals surface area (Å²) in [5.74, 6) is 1.10. The van der Waals surface area contributed by atoms with E-state index in [1.54, 1.807) is 18.2 Å². The van der Waals surface area contributed by atoms with Gasteiger partial charge in [0.05, 0.1) is 0 Å². The summed E-state index contributed by atoms with van der Waals surface area (Å²) in [5, 5.41) is 0. The average Bonchev–Trinajstić information content (AvgIpc) is 3.07. The first-order chi connectivity index (χ1) is 8.28. The summed E-state index contributed by atoms with van der Waals surface area (Å²) in [5.41, 5.74) is 1.58. The van der Waals surface area contributed by atoms with Crippen molar-refractivity contribution < 1.29 is 13.6 Å². The molecule has 0 radical (unpaired) electrons. The molecule has 0 unspecified atom stereocenters. The van der Waals surface area contributed by atoms with Crippen molar-refractivity contribution in [3.63, 3.8) is 0 Å². The van der Waals surface area contributed by atoms with Crippen LogP contribution in [0.4, 0.5) is 4.39 Å². The summed E-state index contributed by atoms with van der Waals surface area (Å²) in [4.78, 5) is 10.5. The SMILES string of the molecule is O=Cc1ccc(-c2ccc(F)c(C3CC3)c2)o1. The van der Waals surface area contributed by atoms with E-state index in [0.29, 0.717) is 18.0 Å². The number of hydrogen-bond acceptors (Lipinski definition) is 2. The predicted molar refractivity (Wildman–Crippen MR) is 61.5 cm³/mol. The van der Waals surface area contributed by atoms with Crippen LogP contribution < -0.4 is 0 Å². The molecular weight excluding hydrogens is 219 g/mol. The van der Waals surface area contributed by atoms with Gasteiger partial charge in [-0.25, -0.2) is 4.39 Å². The lowest BCUT2D eigenvalue weighted by Crippen LogP contribution is -1.87. The summed E-state index contributed by atoms with van der Waals surface area (Å²) in [6, 6.07) is 8.30. The summed E-state index contributed by atoms with van der Waals surface area (Å²) < 4.78 is 18.9. The first-order valence-electron chi connectivity index (χ1n) is 5.63. The van der Waals surface area contributed by atoms with E-state index in [1.807, 2.05) is 6.07 Å². The zero-order valence-electron chi connectivity index (χ0n) is 9.15. The van der Waals surface area contributed by atoms with E-state index in [0.717, 1.165) is 24.0 Å². The van der Waals surface area contributed by atoms with E-state index in [1.165, 1.54) is 6.07 Å². The van der Waals surface area contributed by atoms with Crippen molar-refractivity contribution in [2.24, 2.45) is 0 Å². The number of furan rings is 1. The molecule has 3 rings (SSSR count). The Hall–Kier alpha value is -1.90. The van der Waals surface area contributed by atoms with Gasteiger partial charge in [-0.3, -0.25) is 4.79 Å². The van der Waals surface area contributed by atoms with Crippen LogP contribution in [-0.2, 0) is 0 Å². The van der Waals surface area contributed by atoms with E-state index in [4.69, 9.17) is 4.42 Å². The van der Waals surface area contributed by atoms with Gasteiger partial charge in [0, 0.05) is 5.56 Å². The Labute approximate surface area is 98.1 Å². The van der Waals surface area contributed by atoms with Crippen LogP contribution in [0.25, 0.3) is 11.3 Å². The molecule has 1 fully saturated rings. The molecule has 3 heteroatoms. The van der Waals surface area contributed by atoms with Gasteiger partial charge in [-0.1, -0.05) is 0 Å². The molecule has 2 aromatic rings. The highest BCUT2D eigenvalue weighted by atomic mass is 19.1. The lowest BCUT2D eigenvalue weighted by atomic mass is 10.0. The number of carbonyl (C=O) groups excluding carboxylic acids is 1. The number of halogens is 1. The molecule has 0 N–H and O–H groups in total. The van der Waals surface area contributed by atoms with Gasteiger partial charge in [-0.05, 0) is 54.7 Å². The summed E-state index contributed by atoms with van der Waals surface area (Å²) >= 11 is 0. The molecule has 1 saturated carbocycles. The Bertz CT molecular complexity index is 567. The van der Waals surface area contributed by atoms with Crippen molar-refractivity contribution in [3.8, 4) is 11.3 Å². The van der Waals surface area contributed by atoms with Crippen molar-refractivity contribution in [3.05, 3.63) is 47.5 Å². The summed E-state index contributed by atoms with van der Waals surface area (Å²) in [6.07, 6.45) is 2.77. The first-order valence-corrected chi connectivity index (χ1v) is 5.63. The van der Waals surface area contributed by atoms with E-state index in [9.17, 15) is 9.18 Å². The van der Waals surface area contributed by atoms with Gasteiger partial charge in [0.2, 0.25) is 0 Å². The second-order valence-electron chi connectivity index (χ2n) is 4.33. The van der Waals surface area contributed by atoms with Crippen molar-refractivity contribution in [1.82, 2.24) is 0 Å². The van der Waals surface area contributed by atoms with Crippen LogP contribution >= 0.6 is 0 Å². The summed E-state index contributed by atoms with van der Waals surface area (Å²) in [7, 11) is 0. The molecule has 1 heterocycles. The fourth-order valence-electron chi connectivity index (χ4n) is 1.98. The minimum Gasteiger partial charge on any atom is -0.453 e. The maximum absolute atomic E-state index is 13.6. The molecule has 0 spiro atoms. The maximum Gasteiger partial charge on any atom is 0.185 e. The molecule has 1 aromatic carbocycles. The third kappa shape index (κ3) is 1.88. The van der Waals surface area contributed by atoms with E-state index in [2.05, 4.69) is 0 Å². The van der Waals surface area contributed by atoms with Gasteiger partial charge < -0.3 is 4.42 Å². The third-order valence-corrected chi connectivity index (χ3v) is 3.04. The zero-order valence-corrected chi connectivity index (χ0v) is 9.15. The Morgan fingerprint density at radius 1 is 1.24 bits per heavy atom. The number of carbonyl (C=O) groups is 1.